The van der Waals surface area contributed by atoms with E-state index in [4.69, 9.17) is 16.6 Å². The number of hydrogen-bond donors (Lipinski definition) is 3. The van der Waals surface area contributed by atoms with Crippen LogP contribution in [0.4, 0.5) is 11.5 Å². The van der Waals surface area contributed by atoms with Crippen molar-refractivity contribution in [2.24, 2.45) is 5.73 Å². The van der Waals surface area contributed by atoms with E-state index >= 15 is 0 Å². The number of unbranched alkanes of at least 4 members (excludes halogenated alkanes) is 5. The van der Waals surface area contributed by atoms with E-state index in [2.05, 4.69) is 27.2 Å². The summed E-state index contributed by atoms with van der Waals surface area (Å²) >= 11 is 0. The van der Waals surface area contributed by atoms with Crippen LogP contribution in [-0.2, 0) is 16.0 Å². The lowest BCUT2D eigenvalue weighted by atomic mass is 9.98. The summed E-state index contributed by atoms with van der Waals surface area (Å²) in [6, 6.07) is 3.48. The van der Waals surface area contributed by atoms with Crippen molar-refractivity contribution in [3.8, 4) is 0 Å². The molecule has 3 heterocycles. The minimum absolute atomic E-state index is 0.00436. The van der Waals surface area contributed by atoms with Gasteiger partial charge in [-0.25, -0.2) is 14.6 Å². The van der Waals surface area contributed by atoms with Gasteiger partial charge in [-0.05, 0) is 82.4 Å². The number of nitrogen functional groups attached to an aromatic ring is 1. The van der Waals surface area contributed by atoms with Gasteiger partial charge < -0.3 is 31.5 Å². The Bertz CT molecular complexity index is 1630. The maximum atomic E-state index is 13.7. The number of carbonyl (C=O) groups is 3. The number of benzene rings is 1. The van der Waals surface area contributed by atoms with Crippen molar-refractivity contribution in [2.45, 2.75) is 77.7 Å². The number of carbonyl (C=O) groups excluding carboxylic acids is 3. The fraction of sp³-hybridized carbons (Fsp3) is 0.556. The first-order valence-electron chi connectivity index (χ1n) is 17.4. The summed E-state index contributed by atoms with van der Waals surface area (Å²) in [5.74, 6) is -0.311. The summed E-state index contributed by atoms with van der Waals surface area (Å²) in [4.78, 5) is 53.5. The molecule has 4 rings (SSSR count). The largest absolute Gasteiger partial charge is 0.383 e. The van der Waals surface area contributed by atoms with E-state index in [0.717, 1.165) is 55.5 Å². The summed E-state index contributed by atoms with van der Waals surface area (Å²) in [6.45, 7) is 7.43. The average molecular weight is 675 g/mol. The highest BCUT2D eigenvalue weighted by atomic mass is 16.2. The molecule has 1 atom stereocenters. The minimum atomic E-state index is -0.438. The molecule has 0 unspecified atom stereocenters. The summed E-state index contributed by atoms with van der Waals surface area (Å²) < 4.78 is 1.73. The van der Waals surface area contributed by atoms with E-state index in [1.54, 1.807) is 35.8 Å². The van der Waals surface area contributed by atoms with E-state index in [9.17, 15) is 14.4 Å². The van der Waals surface area contributed by atoms with Crippen LogP contribution < -0.4 is 16.8 Å². The molecule has 13 heteroatoms. The number of nitrogens with one attached hydrogen (secondary N) is 1. The lowest BCUT2D eigenvalue weighted by Crippen LogP contribution is -2.40. The first-order chi connectivity index (χ1) is 23.5. The molecule has 0 aliphatic carbocycles. The minimum Gasteiger partial charge on any atom is -0.383 e. The zero-order valence-electron chi connectivity index (χ0n) is 29.9. The smallest absolute Gasteiger partial charge is 0.277 e. The van der Waals surface area contributed by atoms with Gasteiger partial charge in [0.1, 0.15) is 12.1 Å². The molecule has 1 saturated heterocycles. The third-order valence-corrected chi connectivity index (χ3v) is 9.45. The van der Waals surface area contributed by atoms with Crippen LogP contribution >= 0.6 is 0 Å². The Labute approximate surface area is 290 Å². The molecule has 2 aromatic heterocycles. The monoisotopic (exact) mass is 674 g/mol. The molecule has 1 aliphatic rings. The van der Waals surface area contributed by atoms with Crippen molar-refractivity contribution in [1.82, 2.24) is 34.4 Å². The van der Waals surface area contributed by atoms with Crippen LogP contribution in [0, 0.1) is 13.8 Å². The predicted molar refractivity (Wildman–Crippen MR) is 194 cm³/mol. The summed E-state index contributed by atoms with van der Waals surface area (Å²) in [7, 11) is 5.54. The van der Waals surface area contributed by atoms with E-state index in [-0.39, 0.29) is 35.8 Å². The number of rotatable bonds is 16. The van der Waals surface area contributed by atoms with Crippen molar-refractivity contribution < 1.29 is 14.4 Å². The van der Waals surface area contributed by atoms with E-state index in [1.165, 1.54) is 32.0 Å². The van der Waals surface area contributed by atoms with Crippen LogP contribution in [0.2, 0.25) is 0 Å². The van der Waals surface area contributed by atoms with E-state index < -0.39 is 5.91 Å². The van der Waals surface area contributed by atoms with Gasteiger partial charge in [-0.3, -0.25) is 14.4 Å². The Morgan fingerprint density at radius 1 is 1.02 bits per heavy atom. The van der Waals surface area contributed by atoms with Gasteiger partial charge in [0.15, 0.2) is 11.3 Å². The molecular formula is C36H54N10O3. The number of fused-ring (bicyclic) bond motifs is 1. The third kappa shape index (κ3) is 9.85. The number of likely N-dealkylation sites (N-methyl/N-ethyl adjacent to an activating group) is 2. The second-order valence-corrected chi connectivity index (χ2v) is 13.3. The molecule has 0 bridgehead atoms. The first kappa shape index (κ1) is 37.5. The highest BCUT2D eigenvalue weighted by Crippen LogP contribution is 2.30. The highest BCUT2D eigenvalue weighted by Gasteiger charge is 2.29. The van der Waals surface area contributed by atoms with Gasteiger partial charge in [0.2, 0.25) is 11.8 Å². The lowest BCUT2D eigenvalue weighted by Gasteiger charge is -2.32. The van der Waals surface area contributed by atoms with Crippen molar-refractivity contribution in [3.05, 3.63) is 53.0 Å². The van der Waals surface area contributed by atoms with Crippen LogP contribution in [0.25, 0.3) is 11.0 Å². The Balaban J connectivity index is 1.42. The number of piperidine rings is 1. The number of likely N-dealkylation sites (tertiary alicyclic amines) is 1. The molecule has 13 nitrogen and oxygen atoms in total. The normalized spacial score (nSPS) is 15.0. The predicted octanol–water partition coefficient (Wildman–Crippen LogP) is 3.86. The number of hydrogen-bond acceptors (Lipinski definition) is 9. The molecule has 1 fully saturated rings. The van der Waals surface area contributed by atoms with Gasteiger partial charge >= 0.3 is 0 Å². The van der Waals surface area contributed by atoms with Crippen molar-refractivity contribution >= 4 is 40.3 Å². The van der Waals surface area contributed by atoms with Gasteiger partial charge in [-0.1, -0.05) is 37.8 Å². The van der Waals surface area contributed by atoms with Gasteiger partial charge in [-0.15, -0.1) is 0 Å². The number of nitrogens with zero attached hydrogens (tertiary/aromatic N) is 7. The summed E-state index contributed by atoms with van der Waals surface area (Å²) in [5, 5.41) is 8.11. The van der Waals surface area contributed by atoms with Crippen LogP contribution in [0.15, 0.2) is 30.6 Å². The molecule has 49 heavy (non-hydrogen) atoms. The quantitative estimate of drug-likeness (QED) is 0.151. The van der Waals surface area contributed by atoms with E-state index in [0.29, 0.717) is 36.4 Å². The number of aromatic nitrogens is 4. The first-order valence-corrected chi connectivity index (χ1v) is 17.4. The summed E-state index contributed by atoms with van der Waals surface area (Å²) in [5.41, 5.74) is 15.8. The molecule has 3 amide bonds. The molecule has 3 aromatic rings. The third-order valence-electron chi connectivity index (χ3n) is 9.45. The second-order valence-electron chi connectivity index (χ2n) is 13.3. The van der Waals surface area contributed by atoms with Gasteiger partial charge in [0.05, 0.1) is 17.8 Å². The maximum Gasteiger partial charge on any atom is 0.277 e. The maximum absolute atomic E-state index is 13.7. The standard InChI is InChI=1S/C36H54N10O3/c1-25-26(2)29(17-16-27(25)22-31(48)43(3)4)41-36(49)33-32-34(38)39-24-40-35(32)46(42-33)28-14-12-21-45(23-28)30(47)15-13-20-44(5)19-11-9-7-6-8-10-18-37/h13,15-17,24,28H,6-12,14,18-23,37H2,1-5H3,(H,41,49)(H2,38,39,40)/b15-13+/t28-/m1/s1. The lowest BCUT2D eigenvalue weighted by molar-refractivity contribution is -0.128. The zero-order chi connectivity index (χ0) is 35.5. The van der Waals surface area contributed by atoms with Gasteiger partial charge in [-0.2, -0.15) is 5.10 Å². The second kappa shape index (κ2) is 17.9. The van der Waals surface area contributed by atoms with E-state index in [1.807, 2.05) is 30.9 Å². The van der Waals surface area contributed by atoms with Crippen molar-refractivity contribution in [3.63, 3.8) is 0 Å². The van der Waals surface area contributed by atoms with Crippen molar-refractivity contribution in [2.75, 3.05) is 64.9 Å². The molecule has 5 N–H and O–H groups in total. The fourth-order valence-corrected chi connectivity index (χ4v) is 6.23. The summed E-state index contributed by atoms with van der Waals surface area (Å²) in [6.07, 6.45) is 14.0. The highest BCUT2D eigenvalue weighted by molar-refractivity contribution is 6.13. The Hall–Kier alpha value is -4.36. The van der Waals surface area contributed by atoms with Gasteiger partial charge in [0, 0.05) is 45.5 Å². The molecule has 0 radical (unpaired) electrons. The van der Waals surface area contributed by atoms with Crippen LogP contribution in [0.3, 0.4) is 0 Å². The molecule has 1 aliphatic heterocycles. The topological polar surface area (TPSA) is 169 Å². The molecule has 266 valence electrons. The number of anilines is 2. The Morgan fingerprint density at radius 2 is 1.76 bits per heavy atom. The number of amides is 3. The Morgan fingerprint density at radius 3 is 2.49 bits per heavy atom. The van der Waals surface area contributed by atoms with Crippen molar-refractivity contribution in [1.29, 1.82) is 0 Å². The SMILES string of the molecule is Cc1c(CC(=O)N(C)C)ccc(NC(=O)c2nn([C@@H]3CCCN(C(=O)/C=C/CN(C)CCCCCCCCN)C3)c3ncnc(N)c23)c1C. The van der Waals surface area contributed by atoms with Crippen LogP contribution in [0.1, 0.15) is 84.6 Å². The molecular weight excluding hydrogens is 620 g/mol. The Kier molecular flexibility index (Phi) is 13.7. The van der Waals surface area contributed by atoms with Gasteiger partial charge in [0.25, 0.3) is 5.91 Å². The fourth-order valence-electron chi connectivity index (χ4n) is 6.23. The van der Waals surface area contributed by atoms with Crippen LogP contribution in [-0.4, -0.2) is 106 Å². The van der Waals surface area contributed by atoms with Crippen LogP contribution in [0.5, 0.6) is 0 Å². The molecule has 0 spiro atoms. The number of nitrogens with two attached hydrogens (primary N) is 2. The average Bonchev–Trinajstić information content (AvgIpc) is 3.49. The molecule has 0 saturated carbocycles. The molecule has 1 aromatic carbocycles. The zero-order valence-corrected chi connectivity index (χ0v) is 29.9.